The first kappa shape index (κ1) is 16.1. The number of anilines is 1. The van der Waals surface area contributed by atoms with Gasteiger partial charge in [-0.05, 0) is 25.7 Å². The third-order valence-electron chi connectivity index (χ3n) is 4.89. The molecule has 2 aliphatic heterocycles. The van der Waals surface area contributed by atoms with Crippen molar-refractivity contribution in [2.75, 3.05) is 31.6 Å². The normalized spacial score (nSPS) is 22.1. The van der Waals surface area contributed by atoms with Gasteiger partial charge in [0.15, 0.2) is 5.82 Å². The molecule has 2 aromatic rings. The number of amides is 2. The molecule has 0 bridgehead atoms. The Morgan fingerprint density at radius 2 is 2.16 bits per heavy atom. The molecular weight excluding hydrogens is 324 g/mol. The highest BCUT2D eigenvalue weighted by atomic mass is 16.5. The number of aromatic nitrogens is 4. The number of carbonyl (C=O) groups is 1. The Morgan fingerprint density at radius 3 is 2.96 bits per heavy atom. The first-order chi connectivity index (χ1) is 12.3. The first-order valence-electron chi connectivity index (χ1n) is 8.75. The fraction of sp³-hybridized carbons (Fsp3) is 0.625. The minimum absolute atomic E-state index is 0.156. The summed E-state index contributed by atoms with van der Waals surface area (Å²) in [5.41, 5.74) is 0. The highest BCUT2D eigenvalue weighted by Crippen LogP contribution is 2.28. The summed E-state index contributed by atoms with van der Waals surface area (Å²) < 4.78 is 12.6. The number of rotatable bonds is 3. The van der Waals surface area contributed by atoms with Crippen LogP contribution in [0.1, 0.15) is 43.4 Å². The van der Waals surface area contributed by atoms with Crippen LogP contribution in [0, 0.1) is 0 Å². The average molecular weight is 346 g/mol. The second kappa shape index (κ2) is 7.22. The van der Waals surface area contributed by atoms with Crippen LogP contribution in [0.15, 0.2) is 23.0 Å². The van der Waals surface area contributed by atoms with Gasteiger partial charge >= 0.3 is 6.03 Å². The minimum Gasteiger partial charge on any atom is -0.381 e. The average Bonchev–Trinajstić information content (AvgIpc) is 3.35. The van der Waals surface area contributed by atoms with E-state index in [2.05, 4.69) is 20.8 Å². The highest BCUT2D eigenvalue weighted by Gasteiger charge is 2.26. The maximum Gasteiger partial charge on any atom is 0.323 e. The summed E-state index contributed by atoms with van der Waals surface area (Å²) in [6.45, 7) is 2.82. The van der Waals surface area contributed by atoms with Crippen LogP contribution in [0.5, 0.6) is 0 Å². The van der Waals surface area contributed by atoms with Crippen LogP contribution in [-0.2, 0) is 4.74 Å². The number of urea groups is 1. The van der Waals surface area contributed by atoms with Crippen molar-refractivity contribution >= 4 is 11.8 Å². The topological polar surface area (TPSA) is 98.3 Å². The Hall–Kier alpha value is -2.42. The molecule has 1 atom stereocenters. The quantitative estimate of drug-likeness (QED) is 0.913. The first-order valence-corrected chi connectivity index (χ1v) is 8.75. The molecule has 134 valence electrons. The zero-order valence-corrected chi connectivity index (χ0v) is 14.0. The Morgan fingerprint density at radius 1 is 1.28 bits per heavy atom. The van der Waals surface area contributed by atoms with E-state index in [9.17, 15) is 4.79 Å². The van der Waals surface area contributed by atoms with Crippen molar-refractivity contribution in [1.29, 1.82) is 0 Å². The number of hydrogen-bond acceptors (Lipinski definition) is 6. The molecule has 25 heavy (non-hydrogen) atoms. The number of hydrogen-bond donors (Lipinski definition) is 1. The lowest BCUT2D eigenvalue weighted by molar-refractivity contribution is 0.0791. The number of ether oxygens (including phenoxy) is 1. The molecule has 2 amide bonds. The van der Waals surface area contributed by atoms with Gasteiger partial charge in [-0.1, -0.05) is 10.4 Å². The van der Waals surface area contributed by atoms with Gasteiger partial charge in [0.1, 0.15) is 5.76 Å². The smallest absolute Gasteiger partial charge is 0.323 e. The van der Waals surface area contributed by atoms with E-state index in [4.69, 9.17) is 9.26 Å². The summed E-state index contributed by atoms with van der Waals surface area (Å²) in [4.78, 5) is 14.3. The minimum atomic E-state index is -0.156. The second-order valence-corrected chi connectivity index (χ2v) is 6.56. The van der Waals surface area contributed by atoms with Gasteiger partial charge < -0.3 is 14.2 Å². The Balaban J connectivity index is 1.36. The maximum atomic E-state index is 12.5. The molecule has 0 aromatic carbocycles. The van der Waals surface area contributed by atoms with Gasteiger partial charge in [-0.15, -0.1) is 5.10 Å². The van der Waals surface area contributed by atoms with Gasteiger partial charge in [0.25, 0.3) is 0 Å². The fourth-order valence-electron chi connectivity index (χ4n) is 3.48. The third-order valence-corrected chi connectivity index (χ3v) is 4.89. The Bertz CT molecular complexity index is 695. The molecule has 2 aromatic heterocycles. The molecule has 0 radical (unpaired) electrons. The molecular formula is C16H22N6O3. The number of piperidine rings is 1. The van der Waals surface area contributed by atoms with Crippen LogP contribution < -0.4 is 5.32 Å². The van der Waals surface area contributed by atoms with Gasteiger partial charge in [-0.2, -0.15) is 0 Å². The highest BCUT2D eigenvalue weighted by molar-refractivity contribution is 5.88. The van der Waals surface area contributed by atoms with E-state index in [1.54, 1.807) is 11.1 Å². The van der Waals surface area contributed by atoms with Gasteiger partial charge in [-0.25, -0.2) is 9.48 Å². The summed E-state index contributed by atoms with van der Waals surface area (Å²) in [7, 11) is 0. The van der Waals surface area contributed by atoms with Gasteiger partial charge in [0.05, 0.1) is 12.2 Å². The predicted octanol–water partition coefficient (Wildman–Crippen LogP) is 2.03. The maximum absolute atomic E-state index is 12.5. The van der Waals surface area contributed by atoms with Crippen molar-refractivity contribution in [2.45, 2.75) is 37.6 Å². The standard InChI is InChI=1S/C16H22N6O3/c23-16(21-6-1-2-13(11-21)22-7-5-17-20-22)18-15-10-14(25-19-15)12-3-8-24-9-4-12/h5,7,10,12-13H,1-4,6,8-9,11H2,(H,18,19,23). The Kier molecular flexibility index (Phi) is 4.64. The van der Waals surface area contributed by atoms with Crippen molar-refractivity contribution in [3.05, 3.63) is 24.2 Å². The molecule has 4 rings (SSSR count). The van der Waals surface area contributed by atoms with Crippen LogP contribution >= 0.6 is 0 Å². The van der Waals surface area contributed by atoms with Gasteiger partial charge in [0.2, 0.25) is 0 Å². The third kappa shape index (κ3) is 3.65. The van der Waals surface area contributed by atoms with Crippen LogP contribution in [0.3, 0.4) is 0 Å². The van der Waals surface area contributed by atoms with Crippen LogP contribution in [-0.4, -0.2) is 57.4 Å². The number of nitrogens with one attached hydrogen (secondary N) is 1. The van der Waals surface area contributed by atoms with Crippen molar-refractivity contribution < 1.29 is 14.1 Å². The summed E-state index contributed by atoms with van der Waals surface area (Å²) >= 11 is 0. The molecule has 9 nitrogen and oxygen atoms in total. The van der Waals surface area contributed by atoms with E-state index in [1.165, 1.54) is 0 Å². The van der Waals surface area contributed by atoms with E-state index in [0.29, 0.717) is 18.3 Å². The van der Waals surface area contributed by atoms with Crippen LogP contribution in [0.2, 0.25) is 0 Å². The monoisotopic (exact) mass is 346 g/mol. The molecule has 0 saturated carbocycles. The SMILES string of the molecule is O=C(Nc1cc(C2CCOCC2)on1)N1CCCC(n2ccnn2)C1. The molecule has 9 heteroatoms. The largest absolute Gasteiger partial charge is 0.381 e. The summed E-state index contributed by atoms with van der Waals surface area (Å²) in [5, 5.41) is 14.7. The lowest BCUT2D eigenvalue weighted by Gasteiger charge is -2.32. The van der Waals surface area contributed by atoms with Crippen molar-refractivity contribution in [3.63, 3.8) is 0 Å². The molecule has 4 heterocycles. The van der Waals surface area contributed by atoms with E-state index in [0.717, 1.165) is 51.2 Å². The van der Waals surface area contributed by atoms with Crippen LogP contribution in [0.25, 0.3) is 0 Å². The van der Waals surface area contributed by atoms with Gasteiger partial charge in [0, 0.05) is 44.5 Å². The molecule has 2 saturated heterocycles. The zero-order valence-electron chi connectivity index (χ0n) is 14.0. The van der Waals surface area contributed by atoms with Crippen molar-refractivity contribution in [1.82, 2.24) is 25.1 Å². The number of nitrogens with zero attached hydrogens (tertiary/aromatic N) is 5. The number of likely N-dealkylation sites (tertiary alicyclic amines) is 1. The van der Waals surface area contributed by atoms with Gasteiger partial charge in [-0.3, -0.25) is 5.32 Å². The Labute approximate surface area is 145 Å². The van der Waals surface area contributed by atoms with Crippen LogP contribution in [0.4, 0.5) is 10.6 Å². The van der Waals surface area contributed by atoms with Crippen molar-refractivity contribution in [2.24, 2.45) is 0 Å². The predicted molar refractivity (Wildman–Crippen MR) is 88.2 cm³/mol. The second-order valence-electron chi connectivity index (χ2n) is 6.56. The number of carbonyl (C=O) groups excluding carboxylic acids is 1. The van der Waals surface area contributed by atoms with E-state index in [1.807, 2.05) is 16.9 Å². The molecule has 1 unspecified atom stereocenters. The van der Waals surface area contributed by atoms with E-state index >= 15 is 0 Å². The van der Waals surface area contributed by atoms with E-state index in [-0.39, 0.29) is 12.1 Å². The van der Waals surface area contributed by atoms with E-state index < -0.39 is 0 Å². The summed E-state index contributed by atoms with van der Waals surface area (Å²) in [6, 6.07) is 1.83. The molecule has 2 aliphatic rings. The fourth-order valence-corrected chi connectivity index (χ4v) is 3.48. The van der Waals surface area contributed by atoms with Crippen molar-refractivity contribution in [3.8, 4) is 0 Å². The summed E-state index contributed by atoms with van der Waals surface area (Å²) in [6.07, 6.45) is 7.27. The zero-order chi connectivity index (χ0) is 17.1. The summed E-state index contributed by atoms with van der Waals surface area (Å²) in [5.74, 6) is 1.60. The lowest BCUT2D eigenvalue weighted by Crippen LogP contribution is -2.43. The molecule has 0 spiro atoms. The molecule has 1 N–H and O–H groups in total. The molecule has 2 fully saturated rings. The lowest BCUT2D eigenvalue weighted by atomic mass is 9.98. The molecule has 0 aliphatic carbocycles.